The van der Waals surface area contributed by atoms with Crippen LogP contribution in [0, 0.1) is 0 Å². The van der Waals surface area contributed by atoms with E-state index in [0.29, 0.717) is 0 Å². The van der Waals surface area contributed by atoms with Gasteiger partial charge in [0.25, 0.3) is 5.66 Å². The van der Waals surface area contributed by atoms with Gasteiger partial charge in [-0.25, -0.2) is 0 Å². The smallest absolute Gasteiger partial charge is 0.295 e. The molecule has 0 aromatic carbocycles. The van der Waals surface area contributed by atoms with E-state index < -0.39 is 13.5 Å². The van der Waals surface area contributed by atoms with Crippen LogP contribution in [-0.4, -0.2) is 11.8 Å². The molecule has 0 fully saturated rings. The SMILES string of the molecule is CC[PH](=O)C(F)(F)CC. The third-order valence-electron chi connectivity index (χ3n) is 1.17. The van der Waals surface area contributed by atoms with Crippen LogP contribution in [0.4, 0.5) is 8.78 Å². The van der Waals surface area contributed by atoms with Gasteiger partial charge >= 0.3 is 0 Å². The standard InChI is InChI=1S/C5H11F2OP/c1-3-5(6,7)9(8)4-2/h9H,3-4H2,1-2H3. The van der Waals surface area contributed by atoms with E-state index in [-0.39, 0.29) is 12.6 Å². The fourth-order valence-electron chi connectivity index (χ4n) is 0.456. The summed E-state index contributed by atoms with van der Waals surface area (Å²) in [5.74, 6) is 0. The van der Waals surface area contributed by atoms with Gasteiger partial charge in [-0.15, -0.1) is 0 Å². The predicted octanol–water partition coefficient (Wildman–Crippen LogP) is 2.57. The Morgan fingerprint density at radius 1 is 1.44 bits per heavy atom. The first-order chi connectivity index (χ1) is 4.04. The Morgan fingerprint density at radius 2 is 1.89 bits per heavy atom. The first-order valence-electron chi connectivity index (χ1n) is 2.95. The summed E-state index contributed by atoms with van der Waals surface area (Å²) in [7, 11) is -2.64. The van der Waals surface area contributed by atoms with Crippen molar-refractivity contribution >= 4 is 7.80 Å². The Bertz CT molecular complexity index is 114. The summed E-state index contributed by atoms with van der Waals surface area (Å²) in [5, 5.41) is 0. The topological polar surface area (TPSA) is 17.1 Å². The molecule has 0 aromatic rings. The first-order valence-corrected chi connectivity index (χ1v) is 4.57. The summed E-state index contributed by atoms with van der Waals surface area (Å²) in [6.45, 7) is 2.86. The average molecular weight is 156 g/mol. The summed E-state index contributed by atoms with van der Waals surface area (Å²) < 4.78 is 35.1. The van der Waals surface area contributed by atoms with Gasteiger partial charge in [0.2, 0.25) is 0 Å². The number of rotatable bonds is 3. The van der Waals surface area contributed by atoms with Crippen molar-refractivity contribution in [2.24, 2.45) is 0 Å². The molecule has 0 saturated heterocycles. The van der Waals surface area contributed by atoms with E-state index in [9.17, 15) is 13.3 Å². The van der Waals surface area contributed by atoms with Gasteiger partial charge in [0.05, 0.1) is 0 Å². The van der Waals surface area contributed by atoms with Crippen molar-refractivity contribution in [3.63, 3.8) is 0 Å². The minimum Gasteiger partial charge on any atom is -0.321 e. The van der Waals surface area contributed by atoms with Crippen molar-refractivity contribution in [3.8, 4) is 0 Å². The molecule has 9 heavy (non-hydrogen) atoms. The van der Waals surface area contributed by atoms with E-state index in [0.717, 1.165) is 0 Å². The summed E-state index contributed by atoms with van der Waals surface area (Å²) in [4.78, 5) is 0. The maximum atomic E-state index is 12.3. The van der Waals surface area contributed by atoms with Crippen molar-refractivity contribution in [2.45, 2.75) is 25.9 Å². The van der Waals surface area contributed by atoms with Crippen LogP contribution in [0.25, 0.3) is 0 Å². The fourth-order valence-corrected chi connectivity index (χ4v) is 1.37. The third-order valence-corrected chi connectivity index (χ3v) is 2.98. The van der Waals surface area contributed by atoms with Crippen molar-refractivity contribution in [1.29, 1.82) is 0 Å². The Hall–Kier alpha value is 0.0900. The van der Waals surface area contributed by atoms with Crippen LogP contribution < -0.4 is 0 Å². The second-order valence-corrected chi connectivity index (χ2v) is 4.12. The maximum Gasteiger partial charge on any atom is 0.295 e. The highest BCUT2D eigenvalue weighted by atomic mass is 31.1. The molecule has 0 heterocycles. The first kappa shape index (κ1) is 9.09. The largest absolute Gasteiger partial charge is 0.321 e. The van der Waals surface area contributed by atoms with Crippen molar-refractivity contribution < 1.29 is 13.3 Å². The molecular formula is C5H11F2OP. The van der Waals surface area contributed by atoms with Gasteiger partial charge in [-0.2, -0.15) is 8.78 Å². The molecule has 1 nitrogen and oxygen atoms in total. The monoisotopic (exact) mass is 156 g/mol. The highest BCUT2D eigenvalue weighted by Gasteiger charge is 2.32. The van der Waals surface area contributed by atoms with E-state index in [2.05, 4.69) is 0 Å². The third kappa shape index (κ3) is 2.44. The van der Waals surface area contributed by atoms with Gasteiger partial charge in [-0.1, -0.05) is 13.8 Å². The Morgan fingerprint density at radius 3 is 2.00 bits per heavy atom. The van der Waals surface area contributed by atoms with E-state index in [4.69, 9.17) is 0 Å². The zero-order valence-electron chi connectivity index (χ0n) is 5.58. The minimum absolute atomic E-state index is 0.103. The lowest BCUT2D eigenvalue weighted by Crippen LogP contribution is -2.08. The number of alkyl halides is 2. The molecule has 0 rings (SSSR count). The maximum absolute atomic E-state index is 12.3. The van der Waals surface area contributed by atoms with Gasteiger partial charge in [0.1, 0.15) is 7.80 Å². The molecule has 1 atom stereocenters. The molecule has 0 radical (unpaired) electrons. The van der Waals surface area contributed by atoms with Crippen molar-refractivity contribution in [3.05, 3.63) is 0 Å². The van der Waals surface area contributed by atoms with Crippen LogP contribution >= 0.6 is 7.80 Å². The molecule has 0 spiro atoms. The quantitative estimate of drug-likeness (QED) is 0.574. The normalized spacial score (nSPS) is 15.6. The molecular weight excluding hydrogens is 145 g/mol. The number of halogens is 2. The average Bonchev–Trinajstić information content (AvgIpc) is 1.86. The Kier molecular flexibility index (Phi) is 3.34. The van der Waals surface area contributed by atoms with Crippen LogP contribution in [-0.2, 0) is 4.57 Å². The molecule has 4 heteroatoms. The second kappa shape index (κ2) is 3.31. The zero-order valence-corrected chi connectivity index (χ0v) is 6.58. The molecule has 56 valence electrons. The molecule has 0 bridgehead atoms. The van der Waals surface area contributed by atoms with E-state index in [1.54, 1.807) is 0 Å². The minimum atomic E-state index is -2.90. The molecule has 0 aromatic heterocycles. The Balaban J connectivity index is 3.97. The zero-order chi connectivity index (χ0) is 7.49. The summed E-state index contributed by atoms with van der Waals surface area (Å²) in [6.07, 6.45) is -0.204. The highest BCUT2D eigenvalue weighted by molar-refractivity contribution is 7.45. The van der Waals surface area contributed by atoms with Crippen LogP contribution in [0.5, 0.6) is 0 Å². The molecule has 0 saturated carbocycles. The number of hydrogen-bond acceptors (Lipinski definition) is 1. The molecule has 0 amide bonds. The lowest BCUT2D eigenvalue weighted by atomic mass is 10.5. The van der Waals surface area contributed by atoms with Crippen molar-refractivity contribution in [1.82, 2.24) is 0 Å². The van der Waals surface area contributed by atoms with Crippen LogP contribution in [0.2, 0.25) is 0 Å². The highest BCUT2D eigenvalue weighted by Crippen LogP contribution is 2.43. The van der Waals surface area contributed by atoms with Gasteiger partial charge in [0.15, 0.2) is 0 Å². The van der Waals surface area contributed by atoms with E-state index in [1.165, 1.54) is 13.8 Å². The molecule has 0 N–H and O–H groups in total. The lowest BCUT2D eigenvalue weighted by molar-refractivity contribution is 0.0898. The number of hydrogen-bond donors (Lipinski definition) is 0. The van der Waals surface area contributed by atoms with Gasteiger partial charge in [0, 0.05) is 12.6 Å². The lowest BCUT2D eigenvalue weighted by Gasteiger charge is -2.10. The van der Waals surface area contributed by atoms with Crippen LogP contribution in [0.15, 0.2) is 0 Å². The molecule has 1 unspecified atom stereocenters. The van der Waals surface area contributed by atoms with Crippen molar-refractivity contribution in [2.75, 3.05) is 6.16 Å². The van der Waals surface area contributed by atoms with Gasteiger partial charge < -0.3 is 4.57 Å². The van der Waals surface area contributed by atoms with Crippen LogP contribution in [0.3, 0.4) is 0 Å². The van der Waals surface area contributed by atoms with Crippen LogP contribution in [0.1, 0.15) is 20.3 Å². The predicted molar refractivity (Wildman–Crippen MR) is 34.8 cm³/mol. The summed E-state index contributed by atoms with van der Waals surface area (Å²) >= 11 is 0. The fraction of sp³-hybridized carbons (Fsp3) is 1.00. The second-order valence-electron chi connectivity index (χ2n) is 1.83. The molecule has 0 aliphatic heterocycles. The summed E-state index contributed by atoms with van der Waals surface area (Å²) in [6, 6.07) is 0. The molecule has 0 aliphatic carbocycles. The molecule has 0 aliphatic rings. The van der Waals surface area contributed by atoms with Gasteiger partial charge in [-0.3, -0.25) is 0 Å². The summed E-state index contributed by atoms with van der Waals surface area (Å²) in [5.41, 5.74) is -2.90. The van der Waals surface area contributed by atoms with Gasteiger partial charge in [-0.05, 0) is 0 Å². The Labute approximate surface area is 54.2 Å². The van der Waals surface area contributed by atoms with E-state index in [1.807, 2.05) is 0 Å². The van der Waals surface area contributed by atoms with E-state index >= 15 is 0 Å².